The summed E-state index contributed by atoms with van der Waals surface area (Å²) in [5.74, 6) is -2.07. The molecule has 1 N–H and O–H groups in total. The highest BCUT2D eigenvalue weighted by Crippen LogP contribution is 1.97. The molecule has 0 fully saturated rings. The summed E-state index contributed by atoms with van der Waals surface area (Å²) in [6.45, 7) is 0.316. The van der Waals surface area contributed by atoms with Crippen LogP contribution in [0.1, 0.15) is 6.42 Å². The Morgan fingerprint density at radius 3 is 2.18 bits per heavy atom. The molecule has 0 aliphatic carbocycles. The Bertz CT molecular complexity index is 290. The summed E-state index contributed by atoms with van der Waals surface area (Å²) in [4.78, 5) is 35.9. The molecule has 17 heavy (non-hydrogen) atoms. The zero-order valence-electron chi connectivity index (χ0n) is 10.3. The molecule has 0 aromatic carbocycles. The van der Waals surface area contributed by atoms with E-state index in [0.29, 0.717) is 0 Å². The number of hydrogen-bond acceptors (Lipinski definition) is 4. The van der Waals surface area contributed by atoms with E-state index in [1.165, 1.54) is 16.9 Å². The maximum Gasteiger partial charge on any atom is 0.312 e. The summed E-state index contributed by atoms with van der Waals surface area (Å²) in [6.07, 6.45) is -0.621. The summed E-state index contributed by atoms with van der Waals surface area (Å²) < 4.78 is 4.80. The van der Waals surface area contributed by atoms with Crippen molar-refractivity contribution in [2.75, 3.05) is 40.9 Å². The standard InChI is InChI=1S/C10H18N2O5/c1-11(2)9(14)7-12(4-5-17-3)8(13)6-10(15)16/h4-7H2,1-3H3,(H,15,16). The lowest BCUT2D eigenvalue weighted by atomic mass is 10.3. The summed E-state index contributed by atoms with van der Waals surface area (Å²) in [5.41, 5.74) is 0. The van der Waals surface area contributed by atoms with Gasteiger partial charge in [-0.25, -0.2) is 0 Å². The van der Waals surface area contributed by atoms with Gasteiger partial charge in [0.25, 0.3) is 0 Å². The number of ether oxygens (including phenoxy) is 1. The molecule has 0 bridgehead atoms. The Morgan fingerprint density at radius 2 is 1.76 bits per heavy atom. The summed E-state index contributed by atoms with van der Waals surface area (Å²) in [6, 6.07) is 0. The first-order valence-corrected chi connectivity index (χ1v) is 5.07. The average Bonchev–Trinajstić information content (AvgIpc) is 2.22. The van der Waals surface area contributed by atoms with E-state index < -0.39 is 18.3 Å². The number of carbonyl (C=O) groups excluding carboxylic acids is 2. The van der Waals surface area contributed by atoms with Crippen molar-refractivity contribution in [3.8, 4) is 0 Å². The van der Waals surface area contributed by atoms with Gasteiger partial charge in [-0.05, 0) is 0 Å². The number of rotatable bonds is 7. The van der Waals surface area contributed by atoms with E-state index in [0.717, 1.165) is 0 Å². The van der Waals surface area contributed by atoms with Crippen molar-refractivity contribution in [1.82, 2.24) is 9.80 Å². The monoisotopic (exact) mass is 246 g/mol. The Morgan fingerprint density at radius 1 is 1.18 bits per heavy atom. The van der Waals surface area contributed by atoms with Gasteiger partial charge in [0.15, 0.2) is 0 Å². The molecule has 98 valence electrons. The zero-order valence-corrected chi connectivity index (χ0v) is 10.3. The van der Waals surface area contributed by atoms with Crippen LogP contribution in [0.3, 0.4) is 0 Å². The smallest absolute Gasteiger partial charge is 0.312 e. The van der Waals surface area contributed by atoms with E-state index in [2.05, 4.69) is 0 Å². The Labute approximate surface area is 99.9 Å². The normalized spacial score (nSPS) is 9.82. The van der Waals surface area contributed by atoms with Crippen molar-refractivity contribution in [2.45, 2.75) is 6.42 Å². The van der Waals surface area contributed by atoms with Gasteiger partial charge in [-0.3, -0.25) is 14.4 Å². The van der Waals surface area contributed by atoms with Gasteiger partial charge in [0, 0.05) is 27.7 Å². The number of carboxylic acid groups (broad SMARTS) is 1. The van der Waals surface area contributed by atoms with Crippen molar-refractivity contribution in [3.05, 3.63) is 0 Å². The number of likely N-dealkylation sites (N-methyl/N-ethyl adjacent to an activating group) is 1. The molecule has 7 heteroatoms. The molecule has 0 heterocycles. The second-order valence-electron chi connectivity index (χ2n) is 3.67. The molecule has 7 nitrogen and oxygen atoms in total. The second kappa shape index (κ2) is 7.61. The van der Waals surface area contributed by atoms with E-state index in [1.807, 2.05) is 0 Å². The molecule has 0 spiro atoms. The highest BCUT2D eigenvalue weighted by atomic mass is 16.5. The van der Waals surface area contributed by atoms with Crippen LogP contribution in [-0.4, -0.2) is 73.6 Å². The number of carbonyl (C=O) groups is 3. The van der Waals surface area contributed by atoms with Crippen LogP contribution < -0.4 is 0 Å². The fraction of sp³-hybridized carbons (Fsp3) is 0.700. The maximum atomic E-state index is 11.5. The van der Waals surface area contributed by atoms with Crippen molar-refractivity contribution in [1.29, 1.82) is 0 Å². The number of hydrogen-bond donors (Lipinski definition) is 1. The summed E-state index contributed by atoms with van der Waals surface area (Å²) >= 11 is 0. The van der Waals surface area contributed by atoms with E-state index >= 15 is 0 Å². The summed E-state index contributed by atoms with van der Waals surface area (Å²) in [5, 5.41) is 8.53. The highest BCUT2D eigenvalue weighted by molar-refractivity contribution is 5.95. The Balaban J connectivity index is 4.46. The molecule has 0 radical (unpaired) electrons. The van der Waals surface area contributed by atoms with E-state index in [4.69, 9.17) is 9.84 Å². The minimum Gasteiger partial charge on any atom is -0.481 e. The average molecular weight is 246 g/mol. The van der Waals surface area contributed by atoms with Crippen LogP contribution in [0.25, 0.3) is 0 Å². The van der Waals surface area contributed by atoms with Gasteiger partial charge in [-0.1, -0.05) is 0 Å². The molecule has 0 aliphatic rings. The quantitative estimate of drug-likeness (QED) is 0.584. The number of methoxy groups -OCH3 is 1. The molecule has 0 rings (SSSR count). The van der Waals surface area contributed by atoms with Gasteiger partial charge < -0.3 is 19.6 Å². The van der Waals surface area contributed by atoms with Crippen molar-refractivity contribution < 1.29 is 24.2 Å². The molecule has 0 aliphatic heterocycles. The molecule has 2 amide bonds. The fourth-order valence-electron chi connectivity index (χ4n) is 1.04. The Hall–Kier alpha value is -1.63. The van der Waals surface area contributed by atoms with Crippen LogP contribution in [0, 0.1) is 0 Å². The third-order valence-corrected chi connectivity index (χ3v) is 2.05. The van der Waals surface area contributed by atoms with Crippen LogP contribution in [-0.2, 0) is 19.1 Å². The molecular formula is C10H18N2O5. The minimum atomic E-state index is -1.21. The number of nitrogens with zero attached hydrogens (tertiary/aromatic N) is 2. The second-order valence-corrected chi connectivity index (χ2v) is 3.67. The predicted octanol–water partition coefficient (Wildman–Crippen LogP) is -0.976. The van der Waals surface area contributed by atoms with Crippen molar-refractivity contribution >= 4 is 17.8 Å². The van der Waals surface area contributed by atoms with Crippen LogP contribution in [0.2, 0.25) is 0 Å². The minimum absolute atomic E-state index is 0.136. The number of amides is 2. The molecule has 0 unspecified atom stereocenters. The molecule has 0 atom stereocenters. The topological polar surface area (TPSA) is 87.2 Å². The lowest BCUT2D eigenvalue weighted by Crippen LogP contribution is -2.42. The third-order valence-electron chi connectivity index (χ3n) is 2.05. The van der Waals surface area contributed by atoms with Gasteiger partial charge in [-0.2, -0.15) is 0 Å². The van der Waals surface area contributed by atoms with E-state index in [9.17, 15) is 14.4 Å². The van der Waals surface area contributed by atoms with Crippen molar-refractivity contribution in [3.63, 3.8) is 0 Å². The molecule has 0 saturated heterocycles. The molecule has 0 aromatic heterocycles. The first-order valence-electron chi connectivity index (χ1n) is 5.07. The number of carboxylic acids is 1. The highest BCUT2D eigenvalue weighted by Gasteiger charge is 2.19. The van der Waals surface area contributed by atoms with E-state index in [-0.39, 0.29) is 25.6 Å². The SMILES string of the molecule is COCCN(CC(=O)N(C)C)C(=O)CC(=O)O. The fourth-order valence-corrected chi connectivity index (χ4v) is 1.04. The largest absolute Gasteiger partial charge is 0.481 e. The lowest BCUT2D eigenvalue weighted by Gasteiger charge is -2.22. The van der Waals surface area contributed by atoms with Gasteiger partial charge >= 0.3 is 5.97 Å². The van der Waals surface area contributed by atoms with Gasteiger partial charge in [-0.15, -0.1) is 0 Å². The Kier molecular flexibility index (Phi) is 6.88. The van der Waals surface area contributed by atoms with Gasteiger partial charge in [0.1, 0.15) is 6.42 Å². The van der Waals surface area contributed by atoms with E-state index in [1.54, 1.807) is 14.1 Å². The molecule has 0 aromatic rings. The predicted molar refractivity (Wildman–Crippen MR) is 59.4 cm³/mol. The maximum absolute atomic E-state index is 11.5. The number of aliphatic carboxylic acids is 1. The molecular weight excluding hydrogens is 228 g/mol. The third kappa shape index (κ3) is 6.52. The van der Waals surface area contributed by atoms with Crippen LogP contribution >= 0.6 is 0 Å². The van der Waals surface area contributed by atoms with Gasteiger partial charge in [0.05, 0.1) is 13.2 Å². The van der Waals surface area contributed by atoms with Crippen LogP contribution in [0.15, 0.2) is 0 Å². The first-order chi connectivity index (χ1) is 7.88. The lowest BCUT2D eigenvalue weighted by molar-refractivity contribution is -0.147. The molecule has 0 saturated carbocycles. The van der Waals surface area contributed by atoms with Crippen LogP contribution in [0.4, 0.5) is 0 Å². The zero-order chi connectivity index (χ0) is 13.4. The van der Waals surface area contributed by atoms with Gasteiger partial charge in [0.2, 0.25) is 11.8 Å². The first kappa shape index (κ1) is 15.4. The van der Waals surface area contributed by atoms with Crippen molar-refractivity contribution in [2.24, 2.45) is 0 Å². The summed E-state index contributed by atoms with van der Waals surface area (Å²) in [7, 11) is 4.60. The van der Waals surface area contributed by atoms with Crippen LogP contribution in [0.5, 0.6) is 0 Å².